The number of benzene rings is 10. The number of hydrogen-bond donors (Lipinski definition) is 2. The van der Waals surface area contributed by atoms with Crippen LogP contribution in [0, 0.1) is 6.92 Å². The Hall–Kier alpha value is -13.6. The molecular weight excluding hydrogens is 1510 g/mol. The normalized spacial score (nSPS) is 14.3. The summed E-state index contributed by atoms with van der Waals surface area (Å²) in [5.41, 5.74) is 12.3. The first-order valence-electron chi connectivity index (χ1n) is 36.5. The van der Waals surface area contributed by atoms with Gasteiger partial charge in [-0.15, -0.1) is 28.6 Å². The highest BCUT2D eigenvalue weighted by molar-refractivity contribution is 8.01. The van der Waals surface area contributed by atoms with Gasteiger partial charge >= 0.3 is 29.8 Å². The van der Waals surface area contributed by atoms with E-state index in [1.165, 1.54) is 51.1 Å². The molecule has 572 valence electrons. The average Bonchev–Trinajstić information content (AvgIpc) is 1.60. The van der Waals surface area contributed by atoms with Gasteiger partial charge < -0.3 is 39.6 Å². The fourth-order valence-corrected chi connectivity index (χ4v) is 17.5. The number of ether oxygens (including phenoxy) is 5. The number of thiazole rings is 1. The molecular formula is C90H71N9O13S3. The predicted molar refractivity (Wildman–Crippen MR) is 434 cm³/mol. The summed E-state index contributed by atoms with van der Waals surface area (Å²) in [4.78, 5) is 125. The topological polar surface area (TPSA) is 284 Å². The van der Waals surface area contributed by atoms with E-state index in [4.69, 9.17) is 39.2 Å². The van der Waals surface area contributed by atoms with Gasteiger partial charge in [0.1, 0.15) is 37.8 Å². The monoisotopic (exact) mass is 1580 g/mol. The third-order valence-electron chi connectivity index (χ3n) is 19.1. The van der Waals surface area contributed by atoms with E-state index in [2.05, 4.69) is 25.5 Å². The van der Waals surface area contributed by atoms with E-state index < -0.39 is 88.6 Å². The minimum absolute atomic E-state index is 0.0338. The lowest BCUT2D eigenvalue weighted by atomic mass is 9.70. The Balaban J connectivity index is 0.821. The van der Waals surface area contributed by atoms with Gasteiger partial charge in [0.05, 0.1) is 5.41 Å². The van der Waals surface area contributed by atoms with Crippen LogP contribution in [0.15, 0.2) is 319 Å². The van der Waals surface area contributed by atoms with Crippen LogP contribution in [0.3, 0.4) is 0 Å². The number of nitrogens with one attached hydrogen (secondary N) is 1. The summed E-state index contributed by atoms with van der Waals surface area (Å²) >= 11 is 3.59. The molecule has 0 bridgehead atoms. The van der Waals surface area contributed by atoms with Gasteiger partial charge in [-0.05, 0) is 80.8 Å². The summed E-state index contributed by atoms with van der Waals surface area (Å²) in [5, 5.41) is 12.0. The summed E-state index contributed by atoms with van der Waals surface area (Å²) in [5.74, 6) is -6.46. The van der Waals surface area contributed by atoms with E-state index in [1.54, 1.807) is 61.5 Å². The highest BCUT2D eigenvalue weighted by Crippen LogP contribution is 2.49. The molecule has 13 aromatic rings. The first-order valence-corrected chi connectivity index (χ1v) is 39.4. The van der Waals surface area contributed by atoms with Crippen molar-refractivity contribution in [3.63, 3.8) is 0 Å². The van der Waals surface area contributed by atoms with Crippen LogP contribution < -0.4 is 20.5 Å². The maximum Gasteiger partial charge on any atom is 0.379 e. The lowest BCUT2D eigenvalue weighted by Crippen LogP contribution is -2.71. The van der Waals surface area contributed by atoms with Gasteiger partial charge in [-0.1, -0.05) is 296 Å². The second-order valence-corrected chi connectivity index (χ2v) is 29.9. The molecule has 0 aliphatic carbocycles. The van der Waals surface area contributed by atoms with Crippen LogP contribution in [0.2, 0.25) is 0 Å². The van der Waals surface area contributed by atoms with E-state index in [-0.39, 0.29) is 56.6 Å². The maximum atomic E-state index is 16.2. The molecule has 0 radical (unpaired) electrons. The van der Waals surface area contributed by atoms with Crippen molar-refractivity contribution in [1.29, 1.82) is 0 Å². The third-order valence-corrected chi connectivity index (χ3v) is 22.5. The molecule has 3 aromatic heterocycles. The smallest absolute Gasteiger partial charge is 0.379 e. The van der Waals surface area contributed by atoms with Gasteiger partial charge in [0.25, 0.3) is 23.4 Å². The van der Waals surface area contributed by atoms with E-state index in [1.807, 2.05) is 224 Å². The quantitative estimate of drug-likeness (QED) is 0.00557. The molecule has 115 heavy (non-hydrogen) atoms. The van der Waals surface area contributed by atoms with Crippen molar-refractivity contribution in [3.8, 4) is 11.5 Å². The van der Waals surface area contributed by atoms with E-state index in [0.717, 1.165) is 53.0 Å². The highest BCUT2D eigenvalue weighted by atomic mass is 32.2. The molecule has 2 aliphatic heterocycles. The number of nitrogens with two attached hydrogens (primary N) is 1. The number of rotatable bonds is 27. The Labute approximate surface area is 673 Å². The number of anilines is 1. The molecule has 15 rings (SSSR count). The zero-order valence-electron chi connectivity index (χ0n) is 61.9. The molecule has 2 amide bonds. The number of carbonyl (C=O) groups is 7. The lowest BCUT2D eigenvalue weighted by Gasteiger charge is -2.49. The van der Waals surface area contributed by atoms with E-state index in [0.29, 0.717) is 43.6 Å². The Bertz CT molecular complexity index is 5580. The number of amides is 2. The van der Waals surface area contributed by atoms with Gasteiger partial charge in [0.15, 0.2) is 35.5 Å². The van der Waals surface area contributed by atoms with Gasteiger partial charge in [0.2, 0.25) is 6.10 Å². The number of esters is 5. The van der Waals surface area contributed by atoms with E-state index >= 15 is 19.2 Å². The minimum atomic E-state index is -1.94. The molecule has 3 atom stereocenters. The molecule has 22 nitrogen and oxygen atoms in total. The van der Waals surface area contributed by atoms with Crippen LogP contribution in [0.4, 0.5) is 5.00 Å². The number of nitrogens with zero attached hydrogens (tertiary/aromatic N) is 7. The second-order valence-electron chi connectivity index (χ2n) is 26.7. The lowest BCUT2D eigenvalue weighted by molar-refractivity contribution is -0.162. The Kier molecular flexibility index (Phi) is 23.1. The Morgan fingerprint density at radius 2 is 0.991 bits per heavy atom. The highest BCUT2D eigenvalue weighted by Gasteiger charge is 2.55. The van der Waals surface area contributed by atoms with Crippen molar-refractivity contribution >= 4 is 93.0 Å². The van der Waals surface area contributed by atoms with Gasteiger partial charge in [0, 0.05) is 36.6 Å². The van der Waals surface area contributed by atoms with Crippen LogP contribution in [0.1, 0.15) is 121 Å². The Morgan fingerprint density at radius 1 is 0.548 bits per heavy atom. The van der Waals surface area contributed by atoms with Crippen LogP contribution >= 0.6 is 34.9 Å². The molecule has 2 aliphatic rings. The predicted octanol–water partition coefficient (Wildman–Crippen LogP) is 15.2. The summed E-state index contributed by atoms with van der Waals surface area (Å²) < 4.78 is 31.7. The van der Waals surface area contributed by atoms with Crippen molar-refractivity contribution in [2.45, 2.75) is 67.0 Å². The van der Waals surface area contributed by atoms with E-state index in [9.17, 15) is 14.4 Å². The maximum absolute atomic E-state index is 16.2. The fourth-order valence-electron chi connectivity index (χ4n) is 13.8. The number of carbonyl (C=O) groups excluding carboxylic acids is 7. The summed E-state index contributed by atoms with van der Waals surface area (Å²) in [6.45, 7) is 4.07. The number of thioether (sulfide) groups is 2. The van der Waals surface area contributed by atoms with Gasteiger partial charge in [-0.3, -0.25) is 24.1 Å². The number of aromatic nitrogens is 5. The minimum Gasteiger partial charge on any atom is -0.449 e. The number of aryl methyl sites for hydroxylation is 1. The molecule has 1 unspecified atom stereocenters. The second kappa shape index (κ2) is 34.6. The molecule has 3 N–H and O–H groups in total. The molecule has 0 spiro atoms. The first kappa shape index (κ1) is 76.7. The number of fused-ring (bicyclic) bond motifs is 2. The SMILES string of the molecule is CC(=O)Oc1ccc(C(ON=C(C(=O)N[C@@H]2C(=O)N3C(C(=O)OC(c4ccccc4)c4ccccc4)=C(CSc4cc(C)nc5nc(C(=O)OC(c6ccccc6)c6ccccc6)nn45)CS[C@H]23)c2nc(C(c3ccccc3)(c3ccccc3)c3ccccc3)sc2N)C(=O)OC(c2ccccc2)c2ccccc2)cc1OC(C)=O. The molecule has 25 heteroatoms. The summed E-state index contributed by atoms with van der Waals surface area (Å²) in [6.07, 6.45) is -4.76. The van der Waals surface area contributed by atoms with Crippen LogP contribution in [0.25, 0.3) is 5.78 Å². The van der Waals surface area contributed by atoms with Crippen LogP contribution in [0.5, 0.6) is 11.5 Å². The van der Waals surface area contributed by atoms with Crippen molar-refractivity contribution < 1.29 is 62.1 Å². The van der Waals surface area contributed by atoms with Gasteiger partial charge in [-0.25, -0.2) is 24.4 Å². The number of nitrogen functional groups attached to an aromatic ring is 1. The van der Waals surface area contributed by atoms with Crippen LogP contribution in [-0.4, -0.2) is 99.8 Å². The third kappa shape index (κ3) is 16.5. The first-order chi connectivity index (χ1) is 56.1. The van der Waals surface area contributed by atoms with Crippen LogP contribution in [-0.2, 0) is 53.2 Å². The molecule has 10 aromatic carbocycles. The number of hydrogen-bond acceptors (Lipinski definition) is 22. The number of β-lactam (4-membered cyclic amide) rings is 1. The fraction of sp³-hybridized carbons (Fsp3) is 0.133. The standard InChI is InChI=1S/C90H71N9O13S3/c1-55-51-71(99-89(92-55)95-81(96-99)87(106)111-78(62-39-21-8-22-40-62)63-41-23-9-24-42-63)113-53-65-54-114-84-74(83(103)98(84)75(65)85(104)109-76(58-31-13-4-14-32-58)59-33-15-5-16-34-59)93-82(102)73(72-80(91)115-88(94-72)90(66-43-25-10-26-44-66,67-45-27-11-28-46-67)68-47-29-12-30-48-68)97-112-79(64-49-50-69(107-56(2)100)70(52-64)108-57(3)101)86(105)110-77(60-35-17-6-18-36-60)61-37-19-7-20-38-61/h4-52,74,76-79,84H,53-54,91H2,1-3H3,(H,93,102)/t74-,79?,84-/m1/s1. The van der Waals surface area contributed by atoms with Crippen molar-refractivity contribution in [3.05, 3.63) is 386 Å². The van der Waals surface area contributed by atoms with Crippen molar-refractivity contribution in [2.75, 3.05) is 17.2 Å². The molecule has 1 fully saturated rings. The van der Waals surface area contributed by atoms with Crippen molar-refractivity contribution in [1.82, 2.24) is 34.8 Å². The average molecular weight is 1580 g/mol. The summed E-state index contributed by atoms with van der Waals surface area (Å²) in [6, 6.07) is 88.1. The molecule has 5 heterocycles. The van der Waals surface area contributed by atoms with Gasteiger partial charge in [-0.2, -0.15) is 9.50 Å². The molecule has 0 saturated carbocycles. The Morgan fingerprint density at radius 3 is 1.46 bits per heavy atom. The largest absolute Gasteiger partial charge is 0.449 e. The molecule has 1 saturated heterocycles. The zero-order valence-corrected chi connectivity index (χ0v) is 64.4. The zero-order chi connectivity index (χ0) is 79.5. The van der Waals surface area contributed by atoms with Crippen molar-refractivity contribution in [2.24, 2.45) is 5.16 Å². The number of oxime groups is 1. The summed E-state index contributed by atoms with van der Waals surface area (Å²) in [7, 11) is 0.